The molecule has 138 valence electrons. The van der Waals surface area contributed by atoms with E-state index in [0.717, 1.165) is 10.2 Å². The highest BCUT2D eigenvalue weighted by molar-refractivity contribution is 7.22. The number of amides is 2. The monoisotopic (exact) mass is 383 g/mol. The van der Waals surface area contributed by atoms with Crippen LogP contribution in [0.25, 0.3) is 10.2 Å². The summed E-state index contributed by atoms with van der Waals surface area (Å²) in [6, 6.07) is 10.5. The Balaban J connectivity index is 1.52. The standard InChI is InChI=1S/C19H17N3O4S/c1-2-17(23)22-19-21-13-5-4-12(10-16(13)27-19)20-18(24)11-3-6-14-15(9-11)26-8-7-25-14/h3-6,9-10H,2,7-8H2,1H3,(H,20,24)(H,21,22,23). The molecule has 2 aromatic carbocycles. The van der Waals surface area contributed by atoms with Crippen LogP contribution < -0.4 is 20.1 Å². The fourth-order valence-corrected chi connectivity index (χ4v) is 3.57. The SMILES string of the molecule is CCC(=O)Nc1nc2ccc(NC(=O)c3ccc4c(c3)OCCO4)cc2s1. The van der Waals surface area contributed by atoms with Crippen LogP contribution >= 0.6 is 11.3 Å². The first-order valence-electron chi connectivity index (χ1n) is 8.54. The van der Waals surface area contributed by atoms with Gasteiger partial charge >= 0.3 is 0 Å². The summed E-state index contributed by atoms with van der Waals surface area (Å²) in [4.78, 5) is 28.4. The summed E-state index contributed by atoms with van der Waals surface area (Å²) in [6.45, 7) is 2.76. The highest BCUT2D eigenvalue weighted by Gasteiger charge is 2.15. The van der Waals surface area contributed by atoms with Crippen LogP contribution in [-0.4, -0.2) is 30.0 Å². The molecule has 0 spiro atoms. The average molecular weight is 383 g/mol. The van der Waals surface area contributed by atoms with Gasteiger partial charge in [0.15, 0.2) is 16.6 Å². The Kier molecular flexibility index (Phi) is 4.64. The topological polar surface area (TPSA) is 89.6 Å². The van der Waals surface area contributed by atoms with E-state index >= 15 is 0 Å². The minimum absolute atomic E-state index is 0.0822. The van der Waals surface area contributed by atoms with Crippen molar-refractivity contribution in [3.05, 3.63) is 42.0 Å². The Morgan fingerprint density at radius 3 is 2.70 bits per heavy atom. The molecule has 7 nitrogen and oxygen atoms in total. The van der Waals surface area contributed by atoms with Crippen LogP contribution in [-0.2, 0) is 4.79 Å². The van der Waals surface area contributed by atoms with Crippen LogP contribution in [0.1, 0.15) is 23.7 Å². The molecule has 1 aliphatic heterocycles. The lowest BCUT2D eigenvalue weighted by atomic mass is 10.1. The Morgan fingerprint density at radius 1 is 1.07 bits per heavy atom. The summed E-state index contributed by atoms with van der Waals surface area (Å²) in [5.74, 6) is 0.894. The Labute approximate surface area is 159 Å². The summed E-state index contributed by atoms with van der Waals surface area (Å²) in [7, 11) is 0. The van der Waals surface area contributed by atoms with Crippen molar-refractivity contribution in [2.45, 2.75) is 13.3 Å². The first kappa shape index (κ1) is 17.3. The van der Waals surface area contributed by atoms with Gasteiger partial charge in [0.05, 0.1) is 10.2 Å². The van der Waals surface area contributed by atoms with Gasteiger partial charge in [0, 0.05) is 17.7 Å². The molecule has 2 heterocycles. The predicted octanol–water partition coefficient (Wildman–Crippen LogP) is 3.67. The van der Waals surface area contributed by atoms with Gasteiger partial charge < -0.3 is 20.1 Å². The molecule has 0 fully saturated rings. The molecule has 0 saturated heterocycles. The normalized spacial score (nSPS) is 12.6. The Morgan fingerprint density at radius 2 is 1.89 bits per heavy atom. The number of benzene rings is 2. The third-order valence-electron chi connectivity index (χ3n) is 4.02. The minimum atomic E-state index is -0.240. The van der Waals surface area contributed by atoms with E-state index in [9.17, 15) is 9.59 Å². The van der Waals surface area contributed by atoms with Crippen molar-refractivity contribution in [1.29, 1.82) is 0 Å². The van der Waals surface area contributed by atoms with E-state index in [2.05, 4.69) is 15.6 Å². The number of carbonyl (C=O) groups is 2. The van der Waals surface area contributed by atoms with E-state index in [1.165, 1.54) is 11.3 Å². The molecule has 0 saturated carbocycles. The fourth-order valence-electron chi connectivity index (χ4n) is 2.65. The fraction of sp³-hybridized carbons (Fsp3) is 0.211. The lowest BCUT2D eigenvalue weighted by Crippen LogP contribution is -2.17. The molecular formula is C19H17N3O4S. The zero-order valence-electron chi connectivity index (χ0n) is 14.6. The highest BCUT2D eigenvalue weighted by Crippen LogP contribution is 2.32. The first-order valence-corrected chi connectivity index (χ1v) is 9.35. The largest absolute Gasteiger partial charge is 0.486 e. The number of fused-ring (bicyclic) bond motifs is 2. The van der Waals surface area contributed by atoms with Crippen molar-refractivity contribution in [2.75, 3.05) is 23.8 Å². The van der Waals surface area contributed by atoms with E-state index in [1.54, 1.807) is 31.2 Å². The number of hydrogen-bond donors (Lipinski definition) is 2. The van der Waals surface area contributed by atoms with Crippen molar-refractivity contribution in [1.82, 2.24) is 4.98 Å². The molecule has 2 N–H and O–H groups in total. The number of thiazole rings is 1. The number of hydrogen-bond acceptors (Lipinski definition) is 6. The van der Waals surface area contributed by atoms with Gasteiger partial charge in [-0.15, -0.1) is 0 Å². The molecule has 1 aromatic heterocycles. The summed E-state index contributed by atoms with van der Waals surface area (Å²) in [5, 5.41) is 6.17. The number of rotatable bonds is 4. The van der Waals surface area contributed by atoms with Crippen molar-refractivity contribution in [3.8, 4) is 11.5 Å². The summed E-state index contributed by atoms with van der Waals surface area (Å²) in [5.41, 5.74) is 1.91. The third kappa shape index (κ3) is 3.70. The van der Waals surface area contributed by atoms with Gasteiger partial charge in [-0.05, 0) is 36.4 Å². The van der Waals surface area contributed by atoms with Gasteiger partial charge in [-0.3, -0.25) is 9.59 Å². The van der Waals surface area contributed by atoms with E-state index in [-0.39, 0.29) is 11.8 Å². The van der Waals surface area contributed by atoms with Crippen LogP contribution in [0, 0.1) is 0 Å². The second kappa shape index (κ2) is 7.24. The second-order valence-electron chi connectivity index (χ2n) is 5.92. The van der Waals surface area contributed by atoms with Crippen molar-refractivity contribution < 1.29 is 19.1 Å². The number of nitrogens with zero attached hydrogens (tertiary/aromatic N) is 1. The van der Waals surface area contributed by atoms with E-state index in [4.69, 9.17) is 9.47 Å². The van der Waals surface area contributed by atoms with Crippen molar-refractivity contribution in [3.63, 3.8) is 0 Å². The van der Waals surface area contributed by atoms with E-state index in [1.807, 2.05) is 12.1 Å². The zero-order valence-corrected chi connectivity index (χ0v) is 15.4. The highest BCUT2D eigenvalue weighted by atomic mass is 32.1. The number of aromatic nitrogens is 1. The lowest BCUT2D eigenvalue weighted by molar-refractivity contribution is -0.115. The molecule has 27 heavy (non-hydrogen) atoms. The van der Waals surface area contributed by atoms with Crippen LogP contribution in [0.15, 0.2) is 36.4 Å². The predicted molar refractivity (Wildman–Crippen MR) is 104 cm³/mol. The second-order valence-corrected chi connectivity index (χ2v) is 6.95. The third-order valence-corrected chi connectivity index (χ3v) is 4.95. The maximum absolute atomic E-state index is 12.5. The van der Waals surface area contributed by atoms with Gasteiger partial charge in [-0.25, -0.2) is 4.98 Å². The molecule has 2 amide bonds. The summed E-state index contributed by atoms with van der Waals surface area (Å²) in [6.07, 6.45) is 0.396. The minimum Gasteiger partial charge on any atom is -0.486 e. The molecule has 4 rings (SSSR count). The number of anilines is 2. The molecule has 1 aliphatic rings. The molecule has 8 heteroatoms. The van der Waals surface area contributed by atoms with Gasteiger partial charge in [0.2, 0.25) is 5.91 Å². The van der Waals surface area contributed by atoms with Crippen LogP contribution in [0.2, 0.25) is 0 Å². The van der Waals surface area contributed by atoms with Gasteiger partial charge in [-0.1, -0.05) is 18.3 Å². The Hall–Kier alpha value is -3.13. The summed E-state index contributed by atoms with van der Waals surface area (Å²) < 4.78 is 11.9. The van der Waals surface area contributed by atoms with Crippen molar-refractivity contribution in [2.24, 2.45) is 0 Å². The first-order chi connectivity index (χ1) is 13.1. The molecule has 0 unspecified atom stereocenters. The number of carbonyl (C=O) groups excluding carboxylic acids is 2. The Bertz CT molecular complexity index is 1030. The van der Waals surface area contributed by atoms with Crippen LogP contribution in [0.4, 0.5) is 10.8 Å². The average Bonchev–Trinajstić information content (AvgIpc) is 3.08. The lowest BCUT2D eigenvalue weighted by Gasteiger charge is -2.18. The maximum atomic E-state index is 12.5. The quantitative estimate of drug-likeness (QED) is 0.718. The molecular weight excluding hydrogens is 366 g/mol. The maximum Gasteiger partial charge on any atom is 0.255 e. The zero-order chi connectivity index (χ0) is 18.8. The van der Waals surface area contributed by atoms with Gasteiger partial charge in [-0.2, -0.15) is 0 Å². The molecule has 3 aromatic rings. The van der Waals surface area contributed by atoms with Gasteiger partial charge in [0.25, 0.3) is 5.91 Å². The van der Waals surface area contributed by atoms with E-state index < -0.39 is 0 Å². The number of nitrogens with one attached hydrogen (secondary N) is 2. The summed E-state index contributed by atoms with van der Waals surface area (Å²) >= 11 is 1.37. The molecule has 0 bridgehead atoms. The van der Waals surface area contributed by atoms with Crippen LogP contribution in [0.5, 0.6) is 11.5 Å². The molecule has 0 radical (unpaired) electrons. The van der Waals surface area contributed by atoms with Crippen LogP contribution in [0.3, 0.4) is 0 Å². The molecule has 0 aliphatic carbocycles. The van der Waals surface area contributed by atoms with E-state index in [0.29, 0.717) is 47.5 Å². The molecule has 0 atom stereocenters. The van der Waals surface area contributed by atoms with Gasteiger partial charge in [0.1, 0.15) is 13.2 Å². The van der Waals surface area contributed by atoms with Crippen molar-refractivity contribution >= 4 is 44.2 Å². The number of ether oxygens (including phenoxy) is 2. The smallest absolute Gasteiger partial charge is 0.255 e.